The number of aliphatic hydroxyl groups excluding tert-OH is 1. The van der Waals surface area contributed by atoms with E-state index in [1.807, 2.05) is 6.92 Å². The van der Waals surface area contributed by atoms with Crippen LogP contribution in [-0.4, -0.2) is 28.8 Å². The first kappa shape index (κ1) is 7.73. The molecule has 0 radical (unpaired) electrons. The van der Waals surface area contributed by atoms with E-state index in [1.54, 1.807) is 0 Å². The van der Waals surface area contributed by atoms with Gasteiger partial charge in [-0.1, -0.05) is 12.1 Å². The molecular weight excluding hydrogens is 158 g/mol. The average molecular weight is 169 g/mol. The van der Waals surface area contributed by atoms with Crippen LogP contribution in [0.15, 0.2) is 5.16 Å². The van der Waals surface area contributed by atoms with E-state index >= 15 is 0 Å². The second-order valence-corrected chi connectivity index (χ2v) is 3.22. The standard InChI is InChI=1S/C8H11NO3/c1-2-4-7-5(10)3-6(11)8(7)12-9-4/h6-8,11H,2-3H2,1H3/t6-,7-,8+/m0/s1. The van der Waals surface area contributed by atoms with Crippen LogP contribution < -0.4 is 0 Å². The molecule has 3 atom stereocenters. The zero-order valence-corrected chi connectivity index (χ0v) is 6.86. The van der Waals surface area contributed by atoms with E-state index in [4.69, 9.17) is 4.84 Å². The number of carbonyl (C=O) groups is 1. The van der Waals surface area contributed by atoms with Gasteiger partial charge in [-0.25, -0.2) is 0 Å². The summed E-state index contributed by atoms with van der Waals surface area (Å²) in [4.78, 5) is 16.3. The van der Waals surface area contributed by atoms with Crippen molar-refractivity contribution in [2.24, 2.45) is 11.1 Å². The minimum atomic E-state index is -0.657. The fourth-order valence-corrected chi connectivity index (χ4v) is 1.83. The molecule has 1 aliphatic heterocycles. The molecule has 66 valence electrons. The topological polar surface area (TPSA) is 58.9 Å². The fourth-order valence-electron chi connectivity index (χ4n) is 1.83. The predicted molar refractivity (Wildman–Crippen MR) is 41.7 cm³/mol. The van der Waals surface area contributed by atoms with E-state index in [-0.39, 0.29) is 18.1 Å². The smallest absolute Gasteiger partial charge is 0.168 e. The van der Waals surface area contributed by atoms with Crippen molar-refractivity contribution in [3.8, 4) is 0 Å². The van der Waals surface area contributed by atoms with Gasteiger partial charge in [-0.05, 0) is 6.42 Å². The highest BCUT2D eigenvalue weighted by Gasteiger charge is 2.49. The molecule has 0 aromatic heterocycles. The lowest BCUT2D eigenvalue weighted by molar-refractivity contribution is -0.119. The molecule has 2 aliphatic rings. The fraction of sp³-hybridized carbons (Fsp3) is 0.750. The number of aliphatic hydroxyl groups is 1. The molecule has 1 aliphatic carbocycles. The number of nitrogens with zero attached hydrogens (tertiary/aromatic N) is 1. The number of carbonyl (C=O) groups excluding carboxylic acids is 1. The Labute approximate surface area is 70.2 Å². The maximum atomic E-state index is 11.3. The highest BCUT2D eigenvalue weighted by atomic mass is 16.7. The van der Waals surface area contributed by atoms with Crippen molar-refractivity contribution in [3.63, 3.8) is 0 Å². The van der Waals surface area contributed by atoms with Crippen molar-refractivity contribution < 1.29 is 14.7 Å². The number of fused-ring (bicyclic) bond motifs is 1. The Morgan fingerprint density at radius 1 is 1.75 bits per heavy atom. The largest absolute Gasteiger partial charge is 0.389 e. The summed E-state index contributed by atoms with van der Waals surface area (Å²) in [7, 11) is 0. The Hall–Kier alpha value is -0.900. The first-order chi connectivity index (χ1) is 5.74. The van der Waals surface area contributed by atoms with Crippen LogP contribution in [0.1, 0.15) is 19.8 Å². The molecule has 1 heterocycles. The first-order valence-electron chi connectivity index (χ1n) is 4.17. The lowest BCUT2D eigenvalue weighted by Gasteiger charge is -2.09. The maximum Gasteiger partial charge on any atom is 0.168 e. The lowest BCUT2D eigenvalue weighted by atomic mass is 9.97. The molecule has 0 bridgehead atoms. The van der Waals surface area contributed by atoms with Gasteiger partial charge in [0.15, 0.2) is 6.10 Å². The third kappa shape index (κ3) is 0.876. The number of ketones is 1. The van der Waals surface area contributed by atoms with Gasteiger partial charge in [0.2, 0.25) is 0 Å². The molecule has 0 aromatic rings. The molecular formula is C8H11NO3. The number of hydrogen-bond donors (Lipinski definition) is 1. The molecule has 1 N–H and O–H groups in total. The van der Waals surface area contributed by atoms with Gasteiger partial charge in [0.1, 0.15) is 17.8 Å². The molecule has 0 amide bonds. The predicted octanol–water partition coefficient (Wildman–Crippen LogP) is 0.101. The van der Waals surface area contributed by atoms with E-state index in [1.165, 1.54) is 0 Å². The van der Waals surface area contributed by atoms with Gasteiger partial charge >= 0.3 is 0 Å². The minimum Gasteiger partial charge on any atom is -0.389 e. The van der Waals surface area contributed by atoms with Crippen molar-refractivity contribution in [1.29, 1.82) is 0 Å². The van der Waals surface area contributed by atoms with Crippen LogP contribution in [0.2, 0.25) is 0 Å². The summed E-state index contributed by atoms with van der Waals surface area (Å²) in [6, 6.07) is 0. The second-order valence-electron chi connectivity index (χ2n) is 3.22. The van der Waals surface area contributed by atoms with Gasteiger partial charge in [-0.2, -0.15) is 0 Å². The van der Waals surface area contributed by atoms with E-state index in [0.717, 1.165) is 12.1 Å². The Bertz CT molecular complexity index is 249. The lowest BCUT2D eigenvalue weighted by Crippen LogP contribution is -2.27. The quantitative estimate of drug-likeness (QED) is 0.605. The van der Waals surface area contributed by atoms with Gasteiger partial charge in [0.05, 0.1) is 5.71 Å². The van der Waals surface area contributed by atoms with Crippen LogP contribution in [0.4, 0.5) is 0 Å². The van der Waals surface area contributed by atoms with Crippen LogP contribution in [-0.2, 0) is 9.63 Å². The van der Waals surface area contributed by atoms with Gasteiger partial charge in [0.25, 0.3) is 0 Å². The maximum absolute atomic E-state index is 11.3. The Morgan fingerprint density at radius 3 is 3.17 bits per heavy atom. The molecule has 4 nitrogen and oxygen atoms in total. The normalized spacial score (nSPS) is 39.3. The molecule has 0 aromatic carbocycles. The Balaban J connectivity index is 2.23. The highest BCUT2D eigenvalue weighted by Crippen LogP contribution is 2.32. The van der Waals surface area contributed by atoms with Gasteiger partial charge in [0, 0.05) is 6.42 Å². The second kappa shape index (κ2) is 2.55. The summed E-state index contributed by atoms with van der Waals surface area (Å²) in [5.74, 6) is -0.199. The monoisotopic (exact) mass is 169 g/mol. The van der Waals surface area contributed by atoms with Crippen LogP contribution in [0.25, 0.3) is 0 Å². The zero-order chi connectivity index (χ0) is 8.72. The van der Waals surface area contributed by atoms with Gasteiger partial charge < -0.3 is 9.94 Å². The summed E-state index contributed by atoms with van der Waals surface area (Å²) >= 11 is 0. The summed E-state index contributed by atoms with van der Waals surface area (Å²) in [5.41, 5.74) is 0.779. The summed E-state index contributed by atoms with van der Waals surface area (Å²) in [6.45, 7) is 1.93. The van der Waals surface area contributed by atoms with E-state index < -0.39 is 12.2 Å². The van der Waals surface area contributed by atoms with Crippen molar-refractivity contribution in [3.05, 3.63) is 0 Å². The average Bonchev–Trinajstić information content (AvgIpc) is 2.55. The molecule has 12 heavy (non-hydrogen) atoms. The molecule has 0 unspecified atom stereocenters. The van der Waals surface area contributed by atoms with Crippen molar-refractivity contribution in [2.45, 2.75) is 32.0 Å². The van der Waals surface area contributed by atoms with Gasteiger partial charge in [-0.15, -0.1) is 0 Å². The van der Waals surface area contributed by atoms with Crippen molar-refractivity contribution >= 4 is 11.5 Å². The van der Waals surface area contributed by atoms with Crippen LogP contribution in [0, 0.1) is 5.92 Å². The molecule has 1 saturated carbocycles. The van der Waals surface area contributed by atoms with Crippen molar-refractivity contribution in [1.82, 2.24) is 0 Å². The Morgan fingerprint density at radius 2 is 2.50 bits per heavy atom. The van der Waals surface area contributed by atoms with Gasteiger partial charge in [-0.3, -0.25) is 4.79 Å². The number of Topliss-reactive ketones (excluding diaryl/α,β-unsaturated/α-hetero) is 1. The summed E-state index contributed by atoms with van der Waals surface area (Å²) in [6.07, 6.45) is -0.115. The molecule has 1 fully saturated rings. The van der Waals surface area contributed by atoms with E-state index in [0.29, 0.717) is 0 Å². The van der Waals surface area contributed by atoms with Crippen LogP contribution in [0.5, 0.6) is 0 Å². The van der Waals surface area contributed by atoms with Crippen LogP contribution in [0.3, 0.4) is 0 Å². The molecule has 4 heteroatoms. The number of rotatable bonds is 1. The summed E-state index contributed by atoms with van der Waals surface area (Å²) in [5, 5.41) is 13.1. The molecule has 0 saturated heterocycles. The molecule has 0 spiro atoms. The third-order valence-electron chi connectivity index (χ3n) is 2.48. The Kier molecular flexibility index (Phi) is 1.65. The van der Waals surface area contributed by atoms with Crippen molar-refractivity contribution in [2.75, 3.05) is 0 Å². The zero-order valence-electron chi connectivity index (χ0n) is 6.86. The number of hydrogen-bond acceptors (Lipinski definition) is 4. The minimum absolute atomic E-state index is 0.0607. The van der Waals surface area contributed by atoms with Crippen LogP contribution >= 0.6 is 0 Å². The highest BCUT2D eigenvalue weighted by molar-refractivity contribution is 6.08. The first-order valence-corrected chi connectivity index (χ1v) is 4.17. The van der Waals surface area contributed by atoms with E-state index in [9.17, 15) is 9.90 Å². The molecule has 2 rings (SSSR count). The van der Waals surface area contributed by atoms with E-state index in [2.05, 4.69) is 5.16 Å². The SMILES string of the molecule is CCC1=NO[C@H]2[C@@H]1C(=O)C[C@@H]2O. The summed E-state index contributed by atoms with van der Waals surface area (Å²) < 4.78 is 0. The third-order valence-corrected chi connectivity index (χ3v) is 2.48. The number of oxime groups is 1.